The SMILES string of the molecule is Cc1cc(NCc2ccc(N3CCOCC3)c(F)c2)c2cccc([N+](=O)[O-])c2n1. The fourth-order valence-electron chi connectivity index (χ4n) is 3.57. The molecule has 1 fully saturated rings. The van der Waals surface area contributed by atoms with E-state index in [1.807, 2.05) is 17.0 Å². The number of aryl methyl sites for hydroxylation is 1. The second-order valence-electron chi connectivity index (χ2n) is 6.98. The van der Waals surface area contributed by atoms with Gasteiger partial charge in [0.1, 0.15) is 5.82 Å². The number of hydrogen-bond acceptors (Lipinski definition) is 6. The molecule has 0 saturated carbocycles. The van der Waals surface area contributed by atoms with E-state index in [2.05, 4.69) is 10.3 Å². The summed E-state index contributed by atoms with van der Waals surface area (Å²) in [5.41, 5.74) is 3.08. The molecule has 1 saturated heterocycles. The van der Waals surface area contributed by atoms with Gasteiger partial charge < -0.3 is 15.0 Å². The van der Waals surface area contributed by atoms with Gasteiger partial charge in [-0.3, -0.25) is 10.1 Å². The molecule has 8 heteroatoms. The number of halogens is 1. The van der Waals surface area contributed by atoms with Crippen LogP contribution < -0.4 is 10.2 Å². The first-order valence-electron chi connectivity index (χ1n) is 9.42. The first-order chi connectivity index (χ1) is 14.0. The van der Waals surface area contributed by atoms with Gasteiger partial charge in [0.15, 0.2) is 5.52 Å². The van der Waals surface area contributed by atoms with E-state index in [0.29, 0.717) is 55.1 Å². The molecule has 3 aromatic rings. The Morgan fingerprint density at radius 1 is 1.24 bits per heavy atom. The van der Waals surface area contributed by atoms with Gasteiger partial charge in [0.25, 0.3) is 5.69 Å². The molecule has 0 unspecified atom stereocenters. The highest BCUT2D eigenvalue weighted by Crippen LogP contribution is 2.30. The van der Waals surface area contributed by atoms with Crippen LogP contribution in [0.2, 0.25) is 0 Å². The quantitative estimate of drug-likeness (QED) is 0.518. The zero-order valence-electron chi connectivity index (χ0n) is 16.0. The summed E-state index contributed by atoms with van der Waals surface area (Å²) < 4.78 is 19.9. The molecule has 0 radical (unpaired) electrons. The average molecular weight is 396 g/mol. The number of aromatic nitrogens is 1. The Balaban J connectivity index is 1.57. The van der Waals surface area contributed by atoms with Gasteiger partial charge in [0.05, 0.1) is 23.8 Å². The number of rotatable bonds is 5. The highest BCUT2D eigenvalue weighted by atomic mass is 19.1. The molecule has 4 rings (SSSR count). The van der Waals surface area contributed by atoms with Crippen molar-refractivity contribution in [2.24, 2.45) is 0 Å². The van der Waals surface area contributed by atoms with E-state index < -0.39 is 4.92 Å². The average Bonchev–Trinajstić information content (AvgIpc) is 2.72. The lowest BCUT2D eigenvalue weighted by Gasteiger charge is -2.29. The monoisotopic (exact) mass is 396 g/mol. The van der Waals surface area contributed by atoms with Crippen molar-refractivity contribution in [1.82, 2.24) is 4.98 Å². The Kier molecular flexibility index (Phi) is 5.26. The van der Waals surface area contributed by atoms with E-state index in [1.165, 1.54) is 12.1 Å². The van der Waals surface area contributed by atoms with Crippen LogP contribution in [0, 0.1) is 22.9 Å². The topological polar surface area (TPSA) is 80.5 Å². The smallest absolute Gasteiger partial charge is 0.295 e. The Morgan fingerprint density at radius 3 is 2.76 bits per heavy atom. The number of pyridine rings is 1. The fourth-order valence-corrected chi connectivity index (χ4v) is 3.57. The molecular formula is C21H21FN4O3. The zero-order valence-corrected chi connectivity index (χ0v) is 16.0. The van der Waals surface area contributed by atoms with Crippen LogP contribution in [-0.4, -0.2) is 36.2 Å². The third-order valence-electron chi connectivity index (χ3n) is 4.99. The Morgan fingerprint density at radius 2 is 2.03 bits per heavy atom. The summed E-state index contributed by atoms with van der Waals surface area (Å²) in [5, 5.41) is 15.2. The summed E-state index contributed by atoms with van der Waals surface area (Å²) in [6, 6.07) is 11.9. The Bertz CT molecular complexity index is 1070. The largest absolute Gasteiger partial charge is 0.380 e. The number of benzene rings is 2. The molecule has 1 aliphatic heterocycles. The van der Waals surface area contributed by atoms with E-state index in [1.54, 1.807) is 25.1 Å². The van der Waals surface area contributed by atoms with Crippen LogP contribution in [0.3, 0.4) is 0 Å². The number of anilines is 2. The number of nitro groups is 1. The Labute approximate surface area is 167 Å². The summed E-state index contributed by atoms with van der Waals surface area (Å²) in [6.45, 7) is 4.73. The number of non-ortho nitro benzene ring substituents is 1. The maximum Gasteiger partial charge on any atom is 0.295 e. The molecular weight excluding hydrogens is 375 g/mol. The number of para-hydroxylation sites is 1. The van der Waals surface area contributed by atoms with Crippen molar-refractivity contribution in [3.8, 4) is 0 Å². The van der Waals surface area contributed by atoms with Crippen molar-refractivity contribution in [3.05, 3.63) is 69.7 Å². The molecule has 0 atom stereocenters. The van der Waals surface area contributed by atoms with Gasteiger partial charge in [0.2, 0.25) is 0 Å². The predicted octanol–water partition coefficient (Wildman–Crippen LogP) is 4.04. The lowest BCUT2D eigenvalue weighted by Crippen LogP contribution is -2.36. The van der Waals surface area contributed by atoms with Crippen molar-refractivity contribution in [2.75, 3.05) is 36.5 Å². The molecule has 1 aromatic heterocycles. The first-order valence-corrected chi connectivity index (χ1v) is 9.42. The number of fused-ring (bicyclic) bond motifs is 1. The number of nitrogens with one attached hydrogen (secondary N) is 1. The van der Waals surface area contributed by atoms with Crippen molar-refractivity contribution in [1.29, 1.82) is 0 Å². The first kappa shape index (κ1) is 19.1. The minimum absolute atomic E-state index is 0.0323. The van der Waals surface area contributed by atoms with Crippen molar-refractivity contribution < 1.29 is 14.1 Å². The molecule has 2 aromatic carbocycles. The van der Waals surface area contributed by atoms with Gasteiger partial charge in [-0.25, -0.2) is 9.37 Å². The minimum atomic E-state index is -0.432. The van der Waals surface area contributed by atoms with Crippen LogP contribution in [0.5, 0.6) is 0 Å². The lowest BCUT2D eigenvalue weighted by atomic mass is 10.1. The molecule has 150 valence electrons. The van der Waals surface area contributed by atoms with Crippen molar-refractivity contribution in [3.63, 3.8) is 0 Å². The number of morpholine rings is 1. The maximum atomic E-state index is 14.6. The summed E-state index contributed by atoms with van der Waals surface area (Å²) >= 11 is 0. The van der Waals surface area contributed by atoms with E-state index >= 15 is 0 Å². The fraction of sp³-hybridized carbons (Fsp3) is 0.286. The van der Waals surface area contributed by atoms with Crippen LogP contribution in [0.15, 0.2) is 42.5 Å². The standard InChI is InChI=1S/C21H21FN4O3/c1-14-11-18(16-3-2-4-20(26(27)28)21(16)24-14)23-13-15-5-6-19(17(22)12-15)25-7-9-29-10-8-25/h2-6,11-12H,7-10,13H2,1H3,(H,23,24). The maximum absolute atomic E-state index is 14.6. The summed E-state index contributed by atoms with van der Waals surface area (Å²) in [4.78, 5) is 17.2. The lowest BCUT2D eigenvalue weighted by molar-refractivity contribution is -0.383. The number of ether oxygens (including phenoxy) is 1. The van der Waals surface area contributed by atoms with E-state index in [4.69, 9.17) is 4.74 Å². The van der Waals surface area contributed by atoms with Crippen LogP contribution in [0.4, 0.5) is 21.5 Å². The number of hydrogen-bond donors (Lipinski definition) is 1. The summed E-state index contributed by atoms with van der Waals surface area (Å²) in [5.74, 6) is -0.266. The van der Waals surface area contributed by atoms with E-state index in [0.717, 1.165) is 11.3 Å². The van der Waals surface area contributed by atoms with Gasteiger partial charge >= 0.3 is 0 Å². The van der Waals surface area contributed by atoms with Crippen molar-refractivity contribution in [2.45, 2.75) is 13.5 Å². The van der Waals surface area contributed by atoms with Crippen molar-refractivity contribution >= 4 is 28.0 Å². The molecule has 2 heterocycles. The Hall–Kier alpha value is -3.26. The number of nitrogens with zero attached hydrogens (tertiary/aromatic N) is 3. The summed E-state index contributed by atoms with van der Waals surface area (Å²) in [7, 11) is 0. The van der Waals surface area contributed by atoms with Crippen LogP contribution in [0.25, 0.3) is 10.9 Å². The number of nitro benzene ring substituents is 1. The van der Waals surface area contributed by atoms with E-state index in [9.17, 15) is 14.5 Å². The predicted molar refractivity (Wildman–Crippen MR) is 110 cm³/mol. The molecule has 1 N–H and O–H groups in total. The molecule has 0 bridgehead atoms. The van der Waals surface area contributed by atoms with Gasteiger partial charge in [-0.2, -0.15) is 0 Å². The normalized spacial score (nSPS) is 14.2. The zero-order chi connectivity index (χ0) is 20.4. The van der Waals surface area contributed by atoms with Gasteiger partial charge in [0, 0.05) is 42.5 Å². The third kappa shape index (κ3) is 3.97. The molecule has 0 spiro atoms. The van der Waals surface area contributed by atoms with E-state index in [-0.39, 0.29) is 11.5 Å². The molecule has 7 nitrogen and oxygen atoms in total. The molecule has 0 aliphatic carbocycles. The molecule has 0 amide bonds. The highest BCUT2D eigenvalue weighted by molar-refractivity contribution is 5.96. The van der Waals surface area contributed by atoms with Gasteiger partial charge in [-0.15, -0.1) is 0 Å². The van der Waals surface area contributed by atoms with Crippen LogP contribution in [-0.2, 0) is 11.3 Å². The van der Waals surface area contributed by atoms with Gasteiger partial charge in [-0.05, 0) is 30.7 Å². The second-order valence-corrected chi connectivity index (χ2v) is 6.98. The molecule has 29 heavy (non-hydrogen) atoms. The third-order valence-corrected chi connectivity index (χ3v) is 4.99. The van der Waals surface area contributed by atoms with Gasteiger partial charge in [-0.1, -0.05) is 18.2 Å². The second kappa shape index (κ2) is 8.00. The van der Waals surface area contributed by atoms with Crippen LogP contribution in [0.1, 0.15) is 11.3 Å². The highest BCUT2D eigenvalue weighted by Gasteiger charge is 2.17. The molecule has 1 aliphatic rings. The van der Waals surface area contributed by atoms with Crippen LogP contribution >= 0.6 is 0 Å². The minimum Gasteiger partial charge on any atom is -0.380 e. The summed E-state index contributed by atoms with van der Waals surface area (Å²) in [6.07, 6.45) is 0.